The Labute approximate surface area is 146 Å². The summed E-state index contributed by atoms with van der Waals surface area (Å²) in [5.74, 6) is 1.41. The molecule has 3 rings (SSSR count). The van der Waals surface area contributed by atoms with Crippen LogP contribution >= 0.6 is 33.9 Å². The standard InChI is InChI=1S/C16H14IN3OS/c1-11-10-22-16(19-11)20-15-14(7-13(17)8-18-15)21-9-12-5-3-2-4-6-12/h2-8,10H,9H2,1H3,(H,18,19,20). The third-order valence-electron chi connectivity index (χ3n) is 2.90. The first kappa shape index (κ1) is 15.2. The highest BCUT2D eigenvalue weighted by Crippen LogP contribution is 2.29. The van der Waals surface area contributed by atoms with E-state index < -0.39 is 0 Å². The molecule has 0 unspecified atom stereocenters. The largest absolute Gasteiger partial charge is 0.485 e. The number of aryl methyl sites for hydroxylation is 1. The molecule has 3 aromatic rings. The minimum atomic E-state index is 0.508. The Morgan fingerprint density at radius 3 is 2.82 bits per heavy atom. The Bertz CT molecular complexity index is 761. The molecule has 6 heteroatoms. The maximum Gasteiger partial charge on any atom is 0.188 e. The van der Waals surface area contributed by atoms with Crippen LogP contribution in [0.3, 0.4) is 0 Å². The Hall–Kier alpha value is -1.67. The fourth-order valence-electron chi connectivity index (χ4n) is 1.87. The summed E-state index contributed by atoms with van der Waals surface area (Å²) in [6.45, 7) is 2.48. The van der Waals surface area contributed by atoms with Gasteiger partial charge in [0.25, 0.3) is 0 Å². The molecule has 0 amide bonds. The van der Waals surface area contributed by atoms with Gasteiger partial charge in [-0.25, -0.2) is 9.97 Å². The number of aromatic nitrogens is 2. The Kier molecular flexibility index (Phi) is 4.89. The van der Waals surface area contributed by atoms with E-state index in [0.717, 1.165) is 25.7 Å². The molecule has 0 atom stereocenters. The number of nitrogens with zero attached hydrogens (tertiary/aromatic N) is 2. The molecule has 1 N–H and O–H groups in total. The zero-order chi connectivity index (χ0) is 15.4. The summed E-state index contributed by atoms with van der Waals surface area (Å²) in [4.78, 5) is 8.82. The molecule has 0 spiro atoms. The van der Waals surface area contributed by atoms with Crippen LogP contribution in [0.5, 0.6) is 5.75 Å². The third kappa shape index (κ3) is 3.95. The van der Waals surface area contributed by atoms with Gasteiger partial charge in [-0.1, -0.05) is 30.3 Å². The first-order valence-corrected chi connectivity index (χ1v) is 8.68. The van der Waals surface area contributed by atoms with Crippen molar-refractivity contribution in [2.45, 2.75) is 13.5 Å². The van der Waals surface area contributed by atoms with E-state index >= 15 is 0 Å². The normalized spacial score (nSPS) is 10.5. The van der Waals surface area contributed by atoms with Gasteiger partial charge in [0.05, 0.1) is 5.69 Å². The summed E-state index contributed by atoms with van der Waals surface area (Å²) in [6, 6.07) is 12.1. The van der Waals surface area contributed by atoms with Crippen LogP contribution in [0.4, 0.5) is 10.9 Å². The number of hydrogen-bond acceptors (Lipinski definition) is 5. The molecular formula is C16H14IN3OS. The van der Waals surface area contributed by atoms with Crippen molar-refractivity contribution in [1.82, 2.24) is 9.97 Å². The summed E-state index contributed by atoms with van der Waals surface area (Å²) in [5.41, 5.74) is 2.11. The molecule has 2 heterocycles. The predicted molar refractivity (Wildman–Crippen MR) is 97.9 cm³/mol. The van der Waals surface area contributed by atoms with Crippen molar-refractivity contribution in [2.75, 3.05) is 5.32 Å². The second kappa shape index (κ2) is 7.06. The maximum atomic E-state index is 5.93. The highest BCUT2D eigenvalue weighted by molar-refractivity contribution is 14.1. The molecule has 22 heavy (non-hydrogen) atoms. The number of anilines is 2. The summed E-state index contributed by atoms with van der Waals surface area (Å²) >= 11 is 3.78. The molecule has 0 fully saturated rings. The molecule has 0 aliphatic rings. The van der Waals surface area contributed by atoms with Crippen molar-refractivity contribution in [3.63, 3.8) is 0 Å². The number of pyridine rings is 1. The first-order chi connectivity index (χ1) is 10.7. The number of ether oxygens (including phenoxy) is 1. The van der Waals surface area contributed by atoms with Crippen LogP contribution in [0.1, 0.15) is 11.3 Å². The van der Waals surface area contributed by atoms with E-state index in [1.54, 1.807) is 17.5 Å². The van der Waals surface area contributed by atoms with E-state index in [2.05, 4.69) is 37.9 Å². The lowest BCUT2D eigenvalue weighted by atomic mass is 10.2. The van der Waals surface area contributed by atoms with E-state index in [9.17, 15) is 0 Å². The number of halogens is 1. The van der Waals surface area contributed by atoms with Gasteiger partial charge < -0.3 is 10.1 Å². The quantitative estimate of drug-likeness (QED) is 0.601. The molecule has 2 aromatic heterocycles. The van der Waals surface area contributed by atoms with Crippen LogP contribution in [0.25, 0.3) is 0 Å². The number of hydrogen-bond donors (Lipinski definition) is 1. The van der Waals surface area contributed by atoms with Gasteiger partial charge >= 0.3 is 0 Å². The summed E-state index contributed by atoms with van der Waals surface area (Å²) in [7, 11) is 0. The minimum Gasteiger partial charge on any atom is -0.485 e. The number of thiazole rings is 1. The molecule has 0 bridgehead atoms. The van der Waals surface area contributed by atoms with Gasteiger partial charge in [0, 0.05) is 15.1 Å². The maximum absolute atomic E-state index is 5.93. The molecule has 0 saturated carbocycles. The monoisotopic (exact) mass is 423 g/mol. The van der Waals surface area contributed by atoms with Crippen LogP contribution in [-0.4, -0.2) is 9.97 Å². The molecule has 0 aliphatic heterocycles. The van der Waals surface area contributed by atoms with E-state index in [1.165, 1.54) is 0 Å². The zero-order valence-electron chi connectivity index (χ0n) is 11.9. The molecule has 4 nitrogen and oxygen atoms in total. The molecule has 0 aliphatic carbocycles. The SMILES string of the molecule is Cc1csc(Nc2ncc(I)cc2OCc2ccccc2)n1. The average Bonchev–Trinajstić information content (AvgIpc) is 2.94. The highest BCUT2D eigenvalue weighted by Gasteiger charge is 2.09. The molecule has 1 aromatic carbocycles. The van der Waals surface area contributed by atoms with Crippen molar-refractivity contribution in [3.8, 4) is 5.75 Å². The summed E-state index contributed by atoms with van der Waals surface area (Å²) in [6.07, 6.45) is 1.80. The molecule has 0 saturated heterocycles. The first-order valence-electron chi connectivity index (χ1n) is 6.72. The van der Waals surface area contributed by atoms with E-state index in [0.29, 0.717) is 12.4 Å². The minimum absolute atomic E-state index is 0.508. The van der Waals surface area contributed by atoms with E-state index in [-0.39, 0.29) is 0 Å². The van der Waals surface area contributed by atoms with Crippen molar-refractivity contribution in [2.24, 2.45) is 0 Å². The Morgan fingerprint density at radius 1 is 1.27 bits per heavy atom. The van der Waals surface area contributed by atoms with Gasteiger partial charge in [-0.05, 0) is 41.1 Å². The van der Waals surface area contributed by atoms with Crippen molar-refractivity contribution in [1.29, 1.82) is 0 Å². The topological polar surface area (TPSA) is 47.0 Å². The number of benzene rings is 1. The highest BCUT2D eigenvalue weighted by atomic mass is 127. The van der Waals surface area contributed by atoms with Gasteiger partial charge in [0.1, 0.15) is 6.61 Å². The Balaban J connectivity index is 1.78. The van der Waals surface area contributed by atoms with Crippen LogP contribution in [0.2, 0.25) is 0 Å². The van der Waals surface area contributed by atoms with E-state index in [1.807, 2.05) is 48.7 Å². The van der Waals surface area contributed by atoms with Crippen LogP contribution < -0.4 is 10.1 Å². The fourth-order valence-corrected chi connectivity index (χ4v) is 2.98. The van der Waals surface area contributed by atoms with Gasteiger partial charge in [-0.2, -0.15) is 0 Å². The van der Waals surface area contributed by atoms with Gasteiger partial charge in [0.2, 0.25) is 0 Å². The van der Waals surface area contributed by atoms with Gasteiger partial charge in [-0.3, -0.25) is 0 Å². The van der Waals surface area contributed by atoms with Crippen molar-refractivity contribution >= 4 is 44.9 Å². The van der Waals surface area contributed by atoms with Crippen LogP contribution in [-0.2, 0) is 6.61 Å². The molecular weight excluding hydrogens is 409 g/mol. The van der Waals surface area contributed by atoms with Gasteiger partial charge in [-0.15, -0.1) is 11.3 Å². The average molecular weight is 423 g/mol. The fraction of sp³-hybridized carbons (Fsp3) is 0.125. The lowest BCUT2D eigenvalue weighted by Crippen LogP contribution is -2.01. The third-order valence-corrected chi connectivity index (χ3v) is 4.37. The molecule has 112 valence electrons. The lowest BCUT2D eigenvalue weighted by molar-refractivity contribution is 0.306. The summed E-state index contributed by atoms with van der Waals surface area (Å²) in [5, 5.41) is 6.04. The second-order valence-corrected chi connectivity index (χ2v) is 6.80. The van der Waals surface area contributed by atoms with Crippen molar-refractivity contribution < 1.29 is 4.74 Å². The van der Waals surface area contributed by atoms with Crippen LogP contribution in [0.15, 0.2) is 48.0 Å². The van der Waals surface area contributed by atoms with E-state index in [4.69, 9.17) is 4.74 Å². The zero-order valence-corrected chi connectivity index (χ0v) is 14.9. The van der Waals surface area contributed by atoms with Crippen LogP contribution in [0, 0.1) is 10.5 Å². The Morgan fingerprint density at radius 2 is 2.09 bits per heavy atom. The number of nitrogens with one attached hydrogen (secondary N) is 1. The smallest absolute Gasteiger partial charge is 0.188 e. The lowest BCUT2D eigenvalue weighted by Gasteiger charge is -2.11. The van der Waals surface area contributed by atoms with Crippen molar-refractivity contribution in [3.05, 3.63) is 62.8 Å². The number of rotatable bonds is 5. The summed E-state index contributed by atoms with van der Waals surface area (Å²) < 4.78 is 6.96. The second-order valence-electron chi connectivity index (χ2n) is 4.69. The molecule has 0 radical (unpaired) electrons. The predicted octanol–water partition coefficient (Wildman–Crippen LogP) is 4.77. The van der Waals surface area contributed by atoms with Gasteiger partial charge in [0.15, 0.2) is 16.7 Å².